The molecule has 0 unspecified atom stereocenters. The Morgan fingerprint density at radius 3 is 2.79 bits per heavy atom. The molecule has 0 radical (unpaired) electrons. The number of benzene rings is 1. The van der Waals surface area contributed by atoms with Gasteiger partial charge in [0.05, 0.1) is 31.6 Å². The van der Waals surface area contributed by atoms with Crippen molar-refractivity contribution in [1.29, 1.82) is 0 Å². The van der Waals surface area contributed by atoms with Gasteiger partial charge in [-0.2, -0.15) is 0 Å². The number of fused-ring (bicyclic) bond motifs is 1. The van der Waals surface area contributed by atoms with Crippen LogP contribution >= 0.6 is 22.7 Å². The van der Waals surface area contributed by atoms with Crippen LogP contribution in [-0.2, 0) is 11.3 Å². The Hall–Kier alpha value is -3.17. The molecule has 29 heavy (non-hydrogen) atoms. The fraction of sp³-hybridized carbons (Fsp3) is 0.150. The number of hydrogen-bond donors (Lipinski definition) is 1. The molecule has 9 heteroatoms. The predicted octanol–water partition coefficient (Wildman–Crippen LogP) is 3.84. The lowest BCUT2D eigenvalue weighted by Gasteiger charge is -2.12. The first-order valence-electron chi connectivity index (χ1n) is 8.63. The molecule has 0 aliphatic carbocycles. The van der Waals surface area contributed by atoms with E-state index < -0.39 is 0 Å². The van der Waals surface area contributed by atoms with E-state index >= 15 is 0 Å². The summed E-state index contributed by atoms with van der Waals surface area (Å²) in [5.41, 5.74) is 1.11. The van der Waals surface area contributed by atoms with Gasteiger partial charge in [0.25, 0.3) is 5.56 Å². The molecule has 0 atom stereocenters. The number of carbonyl (C=O) groups is 1. The third-order valence-corrected chi connectivity index (χ3v) is 6.13. The lowest BCUT2D eigenvalue weighted by Crippen LogP contribution is -2.27. The number of hydrogen-bond acceptors (Lipinski definition) is 7. The molecule has 4 rings (SSSR count). The number of amides is 1. The lowest BCUT2D eigenvalue weighted by molar-refractivity contribution is -0.116. The molecule has 0 fully saturated rings. The van der Waals surface area contributed by atoms with E-state index in [4.69, 9.17) is 9.47 Å². The maximum atomic E-state index is 13.0. The van der Waals surface area contributed by atoms with Crippen molar-refractivity contribution in [3.8, 4) is 21.9 Å². The van der Waals surface area contributed by atoms with Crippen LogP contribution in [0.1, 0.15) is 0 Å². The van der Waals surface area contributed by atoms with Gasteiger partial charge in [0.1, 0.15) is 22.9 Å². The highest BCUT2D eigenvalue weighted by Crippen LogP contribution is 2.33. The molecule has 0 bridgehead atoms. The Bertz CT molecular complexity index is 1230. The summed E-state index contributed by atoms with van der Waals surface area (Å²) in [6.45, 7) is -0.156. The van der Waals surface area contributed by atoms with Crippen LogP contribution in [0.25, 0.3) is 20.7 Å². The average molecular weight is 428 g/mol. The van der Waals surface area contributed by atoms with Gasteiger partial charge in [-0.15, -0.1) is 22.7 Å². The lowest BCUT2D eigenvalue weighted by atomic mass is 10.2. The van der Waals surface area contributed by atoms with Crippen LogP contribution in [0, 0.1) is 0 Å². The molecule has 0 spiro atoms. The first-order chi connectivity index (χ1) is 14.1. The number of ether oxygens (including phenoxy) is 2. The molecule has 7 nitrogen and oxygen atoms in total. The fourth-order valence-electron chi connectivity index (χ4n) is 2.94. The quantitative estimate of drug-likeness (QED) is 0.506. The summed E-state index contributed by atoms with van der Waals surface area (Å²) in [6.07, 6.45) is 1.41. The highest BCUT2D eigenvalue weighted by Gasteiger charge is 2.16. The van der Waals surface area contributed by atoms with Crippen molar-refractivity contribution >= 4 is 44.5 Å². The van der Waals surface area contributed by atoms with Crippen LogP contribution in [0.5, 0.6) is 11.5 Å². The van der Waals surface area contributed by atoms with Gasteiger partial charge in [-0.25, -0.2) is 4.98 Å². The van der Waals surface area contributed by atoms with E-state index in [-0.39, 0.29) is 18.0 Å². The van der Waals surface area contributed by atoms with Gasteiger partial charge in [-0.3, -0.25) is 14.2 Å². The van der Waals surface area contributed by atoms with Gasteiger partial charge in [0.15, 0.2) is 0 Å². The molecule has 0 saturated heterocycles. The van der Waals surface area contributed by atoms with E-state index in [9.17, 15) is 9.59 Å². The zero-order valence-electron chi connectivity index (χ0n) is 15.7. The molecule has 4 aromatic rings. The molecular weight excluding hydrogens is 410 g/mol. The molecule has 3 heterocycles. The Morgan fingerprint density at radius 2 is 2.07 bits per heavy atom. The van der Waals surface area contributed by atoms with Crippen LogP contribution < -0.4 is 20.3 Å². The normalized spacial score (nSPS) is 10.8. The summed E-state index contributed by atoms with van der Waals surface area (Å²) in [4.78, 5) is 31.6. The minimum absolute atomic E-state index is 0.156. The van der Waals surface area contributed by atoms with Crippen molar-refractivity contribution in [2.75, 3.05) is 19.5 Å². The number of aromatic nitrogens is 2. The summed E-state index contributed by atoms with van der Waals surface area (Å²) in [5.74, 6) is 0.727. The fourth-order valence-corrected chi connectivity index (χ4v) is 4.66. The molecule has 1 N–H and O–H groups in total. The summed E-state index contributed by atoms with van der Waals surface area (Å²) < 4.78 is 11.8. The van der Waals surface area contributed by atoms with Gasteiger partial charge < -0.3 is 14.8 Å². The molecule has 1 amide bonds. The molecule has 1 aromatic carbocycles. The smallest absolute Gasteiger partial charge is 0.263 e. The molecule has 0 aliphatic heterocycles. The molecule has 0 aliphatic rings. The van der Waals surface area contributed by atoms with Crippen molar-refractivity contribution < 1.29 is 14.3 Å². The second-order valence-electron chi connectivity index (χ2n) is 6.10. The summed E-state index contributed by atoms with van der Waals surface area (Å²) >= 11 is 2.98. The average Bonchev–Trinajstić information content (AvgIpc) is 3.40. The number of nitrogens with one attached hydrogen (secondary N) is 1. The Labute approximate surface area is 174 Å². The van der Waals surface area contributed by atoms with Crippen molar-refractivity contribution in [3.05, 3.63) is 57.8 Å². The minimum atomic E-state index is -0.357. The number of anilines is 1. The number of thiophene rings is 2. The molecule has 0 saturated carbocycles. The van der Waals surface area contributed by atoms with Crippen molar-refractivity contribution in [2.45, 2.75) is 6.54 Å². The van der Waals surface area contributed by atoms with E-state index in [0.717, 1.165) is 10.4 Å². The zero-order valence-corrected chi connectivity index (χ0v) is 17.3. The van der Waals surface area contributed by atoms with Crippen LogP contribution in [0.15, 0.2) is 52.2 Å². The maximum absolute atomic E-state index is 13.0. The van der Waals surface area contributed by atoms with Crippen molar-refractivity contribution in [3.63, 3.8) is 0 Å². The standard InChI is InChI=1S/C20H17N3O4S2/c1-26-12-5-6-14(15(8-12)27-2)22-17(24)9-23-11-21-19-18(20(23)25)13(10-29-19)16-4-3-7-28-16/h3-8,10-11H,9H2,1-2H3,(H,22,24). The monoisotopic (exact) mass is 427 g/mol. The summed E-state index contributed by atoms with van der Waals surface area (Å²) in [5, 5.41) is 7.20. The summed E-state index contributed by atoms with van der Waals surface area (Å²) in [6, 6.07) is 8.98. The Balaban J connectivity index is 1.61. The SMILES string of the molecule is COc1ccc(NC(=O)Cn2cnc3scc(-c4cccs4)c3c2=O)c(OC)c1. The molecule has 148 valence electrons. The largest absolute Gasteiger partial charge is 0.497 e. The van der Waals surface area contributed by atoms with Crippen molar-refractivity contribution in [1.82, 2.24) is 9.55 Å². The van der Waals surface area contributed by atoms with Crippen LogP contribution in [0.4, 0.5) is 5.69 Å². The van der Waals surface area contributed by atoms with Gasteiger partial charge >= 0.3 is 0 Å². The molecule has 3 aromatic heterocycles. The topological polar surface area (TPSA) is 82.5 Å². The van der Waals surface area contributed by atoms with E-state index in [2.05, 4.69) is 10.3 Å². The number of nitrogens with zero attached hydrogens (tertiary/aromatic N) is 2. The van der Waals surface area contributed by atoms with Gasteiger partial charge in [0, 0.05) is 21.9 Å². The van der Waals surface area contributed by atoms with Gasteiger partial charge in [-0.05, 0) is 23.6 Å². The number of rotatable bonds is 6. The van der Waals surface area contributed by atoms with E-state index in [1.165, 1.54) is 29.3 Å². The second kappa shape index (κ2) is 8.06. The molecular formula is C20H17N3O4S2. The summed E-state index contributed by atoms with van der Waals surface area (Å²) in [7, 11) is 3.06. The van der Waals surface area contributed by atoms with Crippen LogP contribution in [0.3, 0.4) is 0 Å². The number of methoxy groups -OCH3 is 2. The van der Waals surface area contributed by atoms with Gasteiger partial charge in [0.2, 0.25) is 5.91 Å². The zero-order chi connectivity index (χ0) is 20.4. The number of carbonyl (C=O) groups excluding carboxylic acids is 1. The van der Waals surface area contributed by atoms with Gasteiger partial charge in [-0.1, -0.05) is 6.07 Å². The third kappa shape index (κ3) is 3.74. The second-order valence-corrected chi connectivity index (χ2v) is 7.90. The first kappa shape index (κ1) is 19.2. The highest BCUT2D eigenvalue weighted by atomic mass is 32.1. The van der Waals surface area contributed by atoms with E-state index in [1.807, 2.05) is 22.9 Å². The van der Waals surface area contributed by atoms with Crippen LogP contribution in [0.2, 0.25) is 0 Å². The minimum Gasteiger partial charge on any atom is -0.497 e. The van der Waals surface area contributed by atoms with Crippen molar-refractivity contribution in [2.24, 2.45) is 0 Å². The first-order valence-corrected chi connectivity index (χ1v) is 10.4. The Kier molecular flexibility index (Phi) is 5.32. The Morgan fingerprint density at radius 1 is 1.21 bits per heavy atom. The van der Waals surface area contributed by atoms with E-state index in [1.54, 1.807) is 36.6 Å². The predicted molar refractivity (Wildman–Crippen MR) is 115 cm³/mol. The van der Waals surface area contributed by atoms with Crippen LogP contribution in [-0.4, -0.2) is 29.7 Å². The highest BCUT2D eigenvalue weighted by molar-refractivity contribution is 7.18. The maximum Gasteiger partial charge on any atom is 0.263 e. The van der Waals surface area contributed by atoms with E-state index in [0.29, 0.717) is 27.4 Å². The third-order valence-electron chi connectivity index (χ3n) is 4.34.